The zero-order chi connectivity index (χ0) is 12.0. The summed E-state index contributed by atoms with van der Waals surface area (Å²) in [5, 5.41) is 22.2. The van der Waals surface area contributed by atoms with Crippen LogP contribution in [0.2, 0.25) is 0 Å². The fraction of sp³-hybridized carbons (Fsp3) is 0.800. The lowest BCUT2D eigenvalue weighted by atomic mass is 9.83. The summed E-state index contributed by atoms with van der Waals surface area (Å²) in [6.07, 6.45) is 3.18. The van der Waals surface area contributed by atoms with Gasteiger partial charge in [0.25, 0.3) is 0 Å². The maximum atomic E-state index is 11.1. The molecule has 1 aliphatic rings. The zero-order valence-corrected chi connectivity index (χ0v) is 9.11. The van der Waals surface area contributed by atoms with Crippen molar-refractivity contribution in [2.45, 2.75) is 31.8 Å². The second-order valence-electron chi connectivity index (χ2n) is 4.08. The van der Waals surface area contributed by atoms with Crippen molar-refractivity contribution in [2.75, 3.05) is 13.1 Å². The molecule has 1 atom stereocenters. The van der Waals surface area contributed by atoms with Crippen LogP contribution < -0.4 is 10.6 Å². The Labute approximate surface area is 94.0 Å². The number of urea groups is 1. The highest BCUT2D eigenvalue weighted by molar-refractivity contribution is 5.76. The van der Waals surface area contributed by atoms with Crippen LogP contribution in [0.1, 0.15) is 25.7 Å². The lowest BCUT2D eigenvalue weighted by molar-refractivity contribution is -0.146. The normalized spacial score (nSPS) is 17.3. The standard InChI is InChI=1S/C10H18N2O4/c13-8(9(14)15)6-12-10(16)11-5-4-7-2-1-3-7/h7-8,13H,1-6H2,(H,14,15)(H2,11,12,16). The number of amides is 2. The van der Waals surface area contributed by atoms with E-state index in [2.05, 4.69) is 10.6 Å². The fourth-order valence-corrected chi connectivity index (χ4v) is 1.51. The van der Waals surface area contributed by atoms with Crippen LogP contribution in [0.3, 0.4) is 0 Å². The van der Waals surface area contributed by atoms with Gasteiger partial charge in [-0.3, -0.25) is 0 Å². The van der Waals surface area contributed by atoms with Gasteiger partial charge in [0.15, 0.2) is 6.10 Å². The molecule has 0 aromatic rings. The lowest BCUT2D eigenvalue weighted by Crippen LogP contribution is -2.42. The van der Waals surface area contributed by atoms with Crippen LogP contribution in [0, 0.1) is 5.92 Å². The van der Waals surface area contributed by atoms with E-state index in [1.807, 2.05) is 0 Å². The maximum Gasteiger partial charge on any atom is 0.334 e. The number of aliphatic hydroxyl groups is 1. The molecule has 16 heavy (non-hydrogen) atoms. The van der Waals surface area contributed by atoms with Gasteiger partial charge in [0.05, 0.1) is 6.54 Å². The molecule has 1 unspecified atom stereocenters. The van der Waals surface area contributed by atoms with Crippen LogP contribution in [0.5, 0.6) is 0 Å². The molecule has 0 saturated heterocycles. The van der Waals surface area contributed by atoms with Gasteiger partial charge in [-0.05, 0) is 12.3 Å². The van der Waals surface area contributed by atoms with Crippen molar-refractivity contribution in [1.29, 1.82) is 0 Å². The summed E-state index contributed by atoms with van der Waals surface area (Å²) in [6.45, 7) is 0.324. The van der Waals surface area contributed by atoms with Crippen molar-refractivity contribution in [3.8, 4) is 0 Å². The minimum atomic E-state index is -1.54. The van der Waals surface area contributed by atoms with E-state index in [0.29, 0.717) is 6.54 Å². The van der Waals surface area contributed by atoms with Crippen LogP contribution >= 0.6 is 0 Å². The van der Waals surface area contributed by atoms with E-state index >= 15 is 0 Å². The molecule has 0 aromatic heterocycles. The number of hydrogen-bond acceptors (Lipinski definition) is 3. The van der Waals surface area contributed by atoms with Gasteiger partial charge in [-0.25, -0.2) is 9.59 Å². The number of carboxylic acid groups (broad SMARTS) is 1. The highest BCUT2D eigenvalue weighted by Gasteiger charge is 2.17. The first-order valence-electron chi connectivity index (χ1n) is 5.52. The Morgan fingerprint density at radius 1 is 1.31 bits per heavy atom. The molecule has 0 spiro atoms. The molecule has 92 valence electrons. The average Bonchev–Trinajstić information content (AvgIpc) is 2.17. The number of nitrogens with one attached hydrogen (secondary N) is 2. The van der Waals surface area contributed by atoms with Crippen molar-refractivity contribution in [1.82, 2.24) is 10.6 Å². The van der Waals surface area contributed by atoms with E-state index in [0.717, 1.165) is 12.3 Å². The van der Waals surface area contributed by atoms with Gasteiger partial charge in [-0.1, -0.05) is 19.3 Å². The van der Waals surface area contributed by atoms with Crippen molar-refractivity contribution in [2.24, 2.45) is 5.92 Å². The van der Waals surface area contributed by atoms with E-state index < -0.39 is 18.1 Å². The Morgan fingerprint density at radius 2 is 2.00 bits per heavy atom. The molecule has 0 aliphatic heterocycles. The Balaban J connectivity index is 1.99. The van der Waals surface area contributed by atoms with Crippen molar-refractivity contribution < 1.29 is 19.8 Å². The molecule has 0 bridgehead atoms. The number of rotatable bonds is 6. The average molecular weight is 230 g/mol. The van der Waals surface area contributed by atoms with Gasteiger partial charge < -0.3 is 20.8 Å². The number of aliphatic hydroxyl groups excluding tert-OH is 1. The Hall–Kier alpha value is -1.30. The molecule has 0 radical (unpaired) electrons. The number of carboxylic acids is 1. The van der Waals surface area contributed by atoms with Gasteiger partial charge in [-0.2, -0.15) is 0 Å². The monoisotopic (exact) mass is 230 g/mol. The highest BCUT2D eigenvalue weighted by Crippen LogP contribution is 2.28. The smallest absolute Gasteiger partial charge is 0.334 e. The van der Waals surface area contributed by atoms with E-state index in [1.54, 1.807) is 0 Å². The molecule has 4 N–H and O–H groups in total. The predicted octanol–water partition coefficient (Wildman–Crippen LogP) is -0.0787. The summed E-state index contributed by atoms with van der Waals surface area (Å²) in [4.78, 5) is 21.4. The van der Waals surface area contributed by atoms with E-state index in [9.17, 15) is 9.59 Å². The van der Waals surface area contributed by atoms with Gasteiger partial charge in [-0.15, -0.1) is 0 Å². The number of aliphatic carboxylic acids is 1. The Bertz CT molecular complexity index is 253. The quantitative estimate of drug-likeness (QED) is 0.513. The molecule has 1 saturated carbocycles. The first kappa shape index (κ1) is 12.8. The van der Waals surface area contributed by atoms with Crippen LogP contribution in [-0.2, 0) is 4.79 Å². The van der Waals surface area contributed by atoms with Crippen LogP contribution in [-0.4, -0.2) is 41.4 Å². The molecule has 1 fully saturated rings. The summed E-state index contributed by atoms with van der Waals surface area (Å²) < 4.78 is 0. The van der Waals surface area contributed by atoms with Crippen LogP contribution in [0.25, 0.3) is 0 Å². The Kier molecular flexibility index (Phi) is 5.04. The first-order chi connectivity index (χ1) is 7.59. The molecule has 1 rings (SSSR count). The summed E-state index contributed by atoms with van der Waals surface area (Å²) in [7, 11) is 0. The summed E-state index contributed by atoms with van der Waals surface area (Å²) in [5.41, 5.74) is 0. The van der Waals surface area contributed by atoms with Crippen molar-refractivity contribution >= 4 is 12.0 Å². The first-order valence-corrected chi connectivity index (χ1v) is 5.52. The summed E-state index contributed by atoms with van der Waals surface area (Å²) >= 11 is 0. The maximum absolute atomic E-state index is 11.1. The molecule has 2 amide bonds. The minimum absolute atomic E-state index is 0.273. The zero-order valence-electron chi connectivity index (χ0n) is 9.11. The van der Waals surface area contributed by atoms with E-state index in [1.165, 1.54) is 19.3 Å². The van der Waals surface area contributed by atoms with Crippen molar-refractivity contribution in [3.05, 3.63) is 0 Å². The molecular formula is C10H18N2O4. The molecular weight excluding hydrogens is 212 g/mol. The lowest BCUT2D eigenvalue weighted by Gasteiger charge is -2.25. The van der Waals surface area contributed by atoms with Crippen molar-refractivity contribution in [3.63, 3.8) is 0 Å². The summed E-state index contributed by atoms with van der Waals surface area (Å²) in [5.74, 6) is -0.611. The van der Waals surface area contributed by atoms with E-state index in [-0.39, 0.29) is 6.54 Å². The van der Waals surface area contributed by atoms with Crippen LogP contribution in [0.4, 0.5) is 4.79 Å². The molecule has 0 aromatic carbocycles. The third-order valence-electron chi connectivity index (χ3n) is 2.80. The second-order valence-corrected chi connectivity index (χ2v) is 4.08. The number of hydrogen-bond donors (Lipinski definition) is 4. The van der Waals surface area contributed by atoms with Gasteiger partial charge in [0.1, 0.15) is 0 Å². The molecule has 6 heteroatoms. The predicted molar refractivity (Wildman–Crippen MR) is 57.0 cm³/mol. The molecule has 0 heterocycles. The largest absolute Gasteiger partial charge is 0.479 e. The third kappa shape index (κ3) is 4.48. The minimum Gasteiger partial charge on any atom is -0.479 e. The number of carbonyl (C=O) groups excluding carboxylic acids is 1. The van der Waals surface area contributed by atoms with Gasteiger partial charge in [0.2, 0.25) is 0 Å². The van der Waals surface area contributed by atoms with Gasteiger partial charge in [0, 0.05) is 6.54 Å². The van der Waals surface area contributed by atoms with E-state index in [4.69, 9.17) is 10.2 Å². The fourth-order valence-electron chi connectivity index (χ4n) is 1.51. The summed E-state index contributed by atoms with van der Waals surface area (Å²) in [6, 6.07) is -0.431. The van der Waals surface area contributed by atoms with Crippen LogP contribution in [0.15, 0.2) is 0 Å². The van der Waals surface area contributed by atoms with Gasteiger partial charge >= 0.3 is 12.0 Å². The molecule has 6 nitrogen and oxygen atoms in total. The molecule has 1 aliphatic carbocycles. The second kappa shape index (κ2) is 6.32. The SMILES string of the molecule is O=C(NCCC1CCC1)NCC(O)C(=O)O. The topological polar surface area (TPSA) is 98.7 Å². The Morgan fingerprint density at radius 3 is 2.50 bits per heavy atom. The highest BCUT2D eigenvalue weighted by atomic mass is 16.4. The third-order valence-corrected chi connectivity index (χ3v) is 2.80. The number of carbonyl (C=O) groups is 2.